The van der Waals surface area contributed by atoms with E-state index >= 15 is 0 Å². The number of nitrogens with two attached hydrogens (primary N) is 1. The fourth-order valence-corrected chi connectivity index (χ4v) is 1.00. The minimum Gasteiger partial charge on any atom is -0.380 e. The van der Waals surface area contributed by atoms with Crippen molar-refractivity contribution >= 4 is 0 Å². The van der Waals surface area contributed by atoms with Gasteiger partial charge in [0.05, 0.1) is 6.61 Å². The summed E-state index contributed by atoms with van der Waals surface area (Å²) in [6.07, 6.45) is 2.16. The molecule has 0 heterocycles. The molecular weight excluding hydrogens is 164 g/mol. The second kappa shape index (κ2) is 8.48. The van der Waals surface area contributed by atoms with Gasteiger partial charge < -0.3 is 15.4 Å². The minimum atomic E-state index is 0.305. The quantitative estimate of drug-likeness (QED) is 0.579. The van der Waals surface area contributed by atoms with Crippen molar-refractivity contribution in [1.29, 1.82) is 0 Å². The Hall–Kier alpha value is -0.120. The highest BCUT2D eigenvalue weighted by molar-refractivity contribution is 4.57. The van der Waals surface area contributed by atoms with Gasteiger partial charge in [0.2, 0.25) is 0 Å². The summed E-state index contributed by atoms with van der Waals surface area (Å²) in [5, 5.41) is 0. The van der Waals surface area contributed by atoms with Crippen LogP contribution in [-0.4, -0.2) is 44.3 Å². The number of nitrogens with zero attached hydrogens (tertiary/aromatic N) is 1. The van der Waals surface area contributed by atoms with Gasteiger partial charge in [0.15, 0.2) is 0 Å². The fraction of sp³-hybridized carbons (Fsp3) is 1.00. The Morgan fingerprint density at radius 2 is 2.00 bits per heavy atom. The van der Waals surface area contributed by atoms with Crippen LogP contribution in [0.2, 0.25) is 0 Å². The highest BCUT2D eigenvalue weighted by Crippen LogP contribution is 1.91. The van der Waals surface area contributed by atoms with Crippen LogP contribution in [0.15, 0.2) is 0 Å². The molecule has 3 heteroatoms. The first-order valence-electron chi connectivity index (χ1n) is 5.18. The highest BCUT2D eigenvalue weighted by atomic mass is 16.5. The van der Waals surface area contributed by atoms with Crippen LogP contribution < -0.4 is 5.73 Å². The summed E-state index contributed by atoms with van der Waals surface area (Å²) < 4.78 is 5.39. The van der Waals surface area contributed by atoms with Crippen molar-refractivity contribution in [3.05, 3.63) is 0 Å². The number of rotatable bonds is 8. The summed E-state index contributed by atoms with van der Waals surface area (Å²) in [6, 6.07) is 0.305. The summed E-state index contributed by atoms with van der Waals surface area (Å²) in [5.41, 5.74) is 5.66. The van der Waals surface area contributed by atoms with Crippen molar-refractivity contribution in [1.82, 2.24) is 4.90 Å². The van der Waals surface area contributed by atoms with E-state index in [0.717, 1.165) is 39.1 Å². The molecule has 0 rings (SSSR count). The predicted molar refractivity (Wildman–Crippen MR) is 56.9 cm³/mol. The Morgan fingerprint density at radius 1 is 1.31 bits per heavy atom. The van der Waals surface area contributed by atoms with Gasteiger partial charge in [0, 0.05) is 19.2 Å². The maximum Gasteiger partial charge on any atom is 0.0593 e. The van der Waals surface area contributed by atoms with Crippen LogP contribution in [0.3, 0.4) is 0 Å². The van der Waals surface area contributed by atoms with Crippen LogP contribution in [0, 0.1) is 0 Å². The second-order valence-electron chi connectivity index (χ2n) is 3.68. The summed E-state index contributed by atoms with van der Waals surface area (Å²) in [7, 11) is 2.11. The van der Waals surface area contributed by atoms with Crippen LogP contribution in [-0.2, 0) is 4.74 Å². The first-order valence-corrected chi connectivity index (χ1v) is 5.18. The van der Waals surface area contributed by atoms with Crippen molar-refractivity contribution in [2.24, 2.45) is 5.73 Å². The first kappa shape index (κ1) is 12.9. The van der Waals surface area contributed by atoms with Gasteiger partial charge in [-0.1, -0.05) is 6.92 Å². The third kappa shape index (κ3) is 9.80. The standard InChI is InChI=1S/C10H24N2O/c1-4-8-13-9-7-12(3)6-5-10(2)11/h10H,4-9,11H2,1-3H3. The molecular formula is C10H24N2O. The van der Waals surface area contributed by atoms with Crippen molar-refractivity contribution in [3.8, 4) is 0 Å². The van der Waals surface area contributed by atoms with Crippen molar-refractivity contribution < 1.29 is 4.74 Å². The Kier molecular flexibility index (Phi) is 8.40. The molecule has 1 unspecified atom stereocenters. The molecule has 0 bridgehead atoms. The molecule has 0 saturated heterocycles. The third-order valence-corrected chi connectivity index (χ3v) is 1.93. The summed E-state index contributed by atoms with van der Waals surface area (Å²) >= 11 is 0. The zero-order valence-corrected chi connectivity index (χ0v) is 9.25. The van der Waals surface area contributed by atoms with E-state index < -0.39 is 0 Å². The smallest absolute Gasteiger partial charge is 0.0593 e. The normalized spacial score (nSPS) is 13.6. The van der Waals surface area contributed by atoms with E-state index in [4.69, 9.17) is 10.5 Å². The molecule has 0 fully saturated rings. The van der Waals surface area contributed by atoms with Crippen molar-refractivity contribution in [2.45, 2.75) is 32.7 Å². The van der Waals surface area contributed by atoms with E-state index in [0.29, 0.717) is 6.04 Å². The highest BCUT2D eigenvalue weighted by Gasteiger charge is 1.99. The summed E-state index contributed by atoms with van der Waals surface area (Å²) in [5.74, 6) is 0. The molecule has 0 aromatic rings. The molecule has 0 aliphatic rings. The molecule has 0 saturated carbocycles. The predicted octanol–water partition coefficient (Wildman–Crippen LogP) is 1.08. The number of hydrogen-bond donors (Lipinski definition) is 1. The topological polar surface area (TPSA) is 38.5 Å². The van der Waals surface area contributed by atoms with Crippen LogP contribution in [0.4, 0.5) is 0 Å². The average Bonchev–Trinajstić information content (AvgIpc) is 2.09. The molecule has 13 heavy (non-hydrogen) atoms. The average molecular weight is 188 g/mol. The SMILES string of the molecule is CCCOCCN(C)CCC(C)N. The Labute approximate surface area is 82.2 Å². The lowest BCUT2D eigenvalue weighted by Crippen LogP contribution is -2.28. The Morgan fingerprint density at radius 3 is 2.54 bits per heavy atom. The maximum absolute atomic E-state index is 5.66. The van der Waals surface area contributed by atoms with Gasteiger partial charge in [-0.15, -0.1) is 0 Å². The lowest BCUT2D eigenvalue weighted by Gasteiger charge is -2.17. The molecule has 80 valence electrons. The molecule has 0 spiro atoms. The molecule has 0 aliphatic heterocycles. The van der Waals surface area contributed by atoms with Gasteiger partial charge in [-0.3, -0.25) is 0 Å². The van der Waals surface area contributed by atoms with Crippen LogP contribution in [0.25, 0.3) is 0 Å². The number of ether oxygens (including phenoxy) is 1. The van der Waals surface area contributed by atoms with E-state index in [1.165, 1.54) is 0 Å². The van der Waals surface area contributed by atoms with Crippen LogP contribution >= 0.6 is 0 Å². The third-order valence-electron chi connectivity index (χ3n) is 1.93. The second-order valence-corrected chi connectivity index (χ2v) is 3.68. The van der Waals surface area contributed by atoms with E-state index in [1.807, 2.05) is 6.92 Å². The zero-order chi connectivity index (χ0) is 10.1. The van der Waals surface area contributed by atoms with Gasteiger partial charge in [0.1, 0.15) is 0 Å². The Balaban J connectivity index is 3.15. The molecule has 2 N–H and O–H groups in total. The van der Waals surface area contributed by atoms with Gasteiger partial charge >= 0.3 is 0 Å². The Bertz CT molecular complexity index is 107. The molecule has 3 nitrogen and oxygen atoms in total. The van der Waals surface area contributed by atoms with Crippen LogP contribution in [0.1, 0.15) is 26.7 Å². The van der Waals surface area contributed by atoms with Gasteiger partial charge in [-0.2, -0.15) is 0 Å². The minimum absolute atomic E-state index is 0.305. The van der Waals surface area contributed by atoms with Crippen molar-refractivity contribution in [2.75, 3.05) is 33.4 Å². The first-order chi connectivity index (χ1) is 6.16. The number of hydrogen-bond acceptors (Lipinski definition) is 3. The molecule has 0 amide bonds. The van der Waals surface area contributed by atoms with E-state index in [-0.39, 0.29) is 0 Å². The van der Waals surface area contributed by atoms with Gasteiger partial charge in [-0.05, 0) is 33.4 Å². The van der Waals surface area contributed by atoms with Crippen LogP contribution in [0.5, 0.6) is 0 Å². The fourth-order valence-electron chi connectivity index (χ4n) is 1.00. The van der Waals surface area contributed by atoms with E-state index in [1.54, 1.807) is 0 Å². The molecule has 1 atom stereocenters. The molecule has 0 radical (unpaired) electrons. The van der Waals surface area contributed by atoms with E-state index in [9.17, 15) is 0 Å². The monoisotopic (exact) mass is 188 g/mol. The van der Waals surface area contributed by atoms with Gasteiger partial charge in [-0.25, -0.2) is 0 Å². The largest absolute Gasteiger partial charge is 0.380 e. The van der Waals surface area contributed by atoms with Gasteiger partial charge in [0.25, 0.3) is 0 Å². The van der Waals surface area contributed by atoms with Crippen molar-refractivity contribution in [3.63, 3.8) is 0 Å². The van der Waals surface area contributed by atoms with E-state index in [2.05, 4.69) is 18.9 Å². The summed E-state index contributed by atoms with van der Waals surface area (Å²) in [4.78, 5) is 2.26. The zero-order valence-electron chi connectivity index (χ0n) is 9.25. The number of likely N-dealkylation sites (N-methyl/N-ethyl adjacent to an activating group) is 1. The molecule has 0 aromatic heterocycles. The lowest BCUT2D eigenvalue weighted by molar-refractivity contribution is 0.111. The maximum atomic E-state index is 5.66. The summed E-state index contributed by atoms with van der Waals surface area (Å²) in [6.45, 7) is 7.95. The molecule has 0 aromatic carbocycles. The molecule has 0 aliphatic carbocycles. The lowest BCUT2D eigenvalue weighted by atomic mass is 10.2.